The van der Waals surface area contributed by atoms with Crippen molar-refractivity contribution in [1.29, 1.82) is 0 Å². The molecule has 6 nitrogen and oxygen atoms in total. The minimum Gasteiger partial charge on any atom is -0.496 e. The maximum absolute atomic E-state index is 13.4. The molecule has 1 unspecified atom stereocenters. The molecule has 6 heteroatoms. The van der Waals surface area contributed by atoms with Gasteiger partial charge in [0.05, 0.1) is 26.1 Å². The Kier molecular flexibility index (Phi) is 4.57. The Labute approximate surface area is 171 Å². The lowest BCUT2D eigenvalue weighted by atomic mass is 9.78. The number of hydrogen-bond acceptors (Lipinski definition) is 5. The van der Waals surface area contributed by atoms with Crippen LogP contribution in [-0.2, 0) is 31.1 Å². The zero-order valence-corrected chi connectivity index (χ0v) is 17.1. The average molecular weight is 399 g/mol. The molecule has 156 valence electrons. The highest BCUT2D eigenvalue weighted by Gasteiger charge is 2.55. The third-order valence-corrected chi connectivity index (χ3v) is 7.49. The van der Waals surface area contributed by atoms with Gasteiger partial charge in [0.1, 0.15) is 17.0 Å². The van der Waals surface area contributed by atoms with Gasteiger partial charge in [-0.1, -0.05) is 12.1 Å². The molecule has 3 aliphatic heterocycles. The summed E-state index contributed by atoms with van der Waals surface area (Å²) in [6, 6.07) is 6.19. The van der Waals surface area contributed by atoms with Crippen LogP contribution in [0.4, 0.5) is 0 Å². The molecule has 2 saturated heterocycles. The molecule has 1 atom stereocenters. The molecule has 1 saturated carbocycles. The lowest BCUT2D eigenvalue weighted by molar-refractivity contribution is -0.154. The van der Waals surface area contributed by atoms with Crippen molar-refractivity contribution < 1.29 is 23.8 Å². The van der Waals surface area contributed by atoms with Gasteiger partial charge in [-0.05, 0) is 56.6 Å². The Balaban J connectivity index is 1.35. The first-order valence-corrected chi connectivity index (χ1v) is 10.9. The fourth-order valence-electron chi connectivity index (χ4n) is 6.03. The minimum absolute atomic E-state index is 0.0867. The SMILES string of the molecule is COc1cccc2c1C1(CCN(C(=O)C3CC(=O)OC34CCCC4)CC1)OCC2. The summed E-state index contributed by atoms with van der Waals surface area (Å²) in [5, 5.41) is 0. The highest BCUT2D eigenvalue weighted by Crippen LogP contribution is 2.48. The van der Waals surface area contributed by atoms with Crippen LogP contribution in [0.25, 0.3) is 0 Å². The molecule has 1 aromatic carbocycles. The molecule has 5 rings (SSSR count). The Morgan fingerprint density at radius 1 is 1.17 bits per heavy atom. The maximum atomic E-state index is 13.4. The van der Waals surface area contributed by atoms with Crippen molar-refractivity contribution in [3.05, 3.63) is 29.3 Å². The number of ether oxygens (including phenoxy) is 3. The van der Waals surface area contributed by atoms with Gasteiger partial charge in [0.2, 0.25) is 5.91 Å². The van der Waals surface area contributed by atoms with Gasteiger partial charge in [0.15, 0.2) is 0 Å². The molecule has 1 aliphatic carbocycles. The Hall–Kier alpha value is -2.08. The molecular weight excluding hydrogens is 370 g/mol. The second-order valence-corrected chi connectivity index (χ2v) is 8.92. The van der Waals surface area contributed by atoms with E-state index >= 15 is 0 Å². The number of piperidine rings is 1. The maximum Gasteiger partial charge on any atom is 0.307 e. The zero-order valence-electron chi connectivity index (χ0n) is 17.1. The van der Waals surface area contributed by atoms with Crippen molar-refractivity contribution in [3.63, 3.8) is 0 Å². The van der Waals surface area contributed by atoms with E-state index in [1.807, 2.05) is 17.0 Å². The number of carbonyl (C=O) groups excluding carboxylic acids is 2. The second kappa shape index (κ2) is 7.01. The fourth-order valence-corrected chi connectivity index (χ4v) is 6.03. The molecule has 4 aliphatic rings. The van der Waals surface area contributed by atoms with E-state index in [-0.39, 0.29) is 29.8 Å². The van der Waals surface area contributed by atoms with E-state index in [2.05, 4.69) is 6.07 Å². The molecule has 0 N–H and O–H groups in total. The highest BCUT2D eigenvalue weighted by atomic mass is 16.6. The van der Waals surface area contributed by atoms with Gasteiger partial charge >= 0.3 is 5.97 Å². The molecule has 0 bridgehead atoms. The molecule has 1 amide bonds. The number of methoxy groups -OCH3 is 1. The number of esters is 1. The van der Waals surface area contributed by atoms with Gasteiger partial charge in [0.25, 0.3) is 0 Å². The van der Waals surface area contributed by atoms with Gasteiger partial charge in [0, 0.05) is 18.7 Å². The van der Waals surface area contributed by atoms with Crippen LogP contribution in [-0.4, -0.2) is 49.2 Å². The summed E-state index contributed by atoms with van der Waals surface area (Å²) in [5.74, 6) is 0.430. The molecular formula is C23H29NO5. The monoisotopic (exact) mass is 399 g/mol. The van der Waals surface area contributed by atoms with Crippen molar-refractivity contribution in [1.82, 2.24) is 4.90 Å². The van der Waals surface area contributed by atoms with E-state index in [0.717, 1.165) is 56.3 Å². The largest absolute Gasteiger partial charge is 0.496 e. The summed E-state index contributed by atoms with van der Waals surface area (Å²) in [7, 11) is 1.70. The van der Waals surface area contributed by atoms with Crippen molar-refractivity contribution in [2.45, 2.75) is 62.6 Å². The predicted octanol–water partition coefficient (Wildman–Crippen LogP) is 2.96. The number of fused-ring (bicyclic) bond motifs is 2. The molecule has 0 aromatic heterocycles. The van der Waals surface area contributed by atoms with Crippen LogP contribution in [0.5, 0.6) is 5.75 Å². The highest BCUT2D eigenvalue weighted by molar-refractivity contribution is 5.88. The number of benzene rings is 1. The molecule has 2 spiro atoms. The molecule has 1 aromatic rings. The van der Waals surface area contributed by atoms with Gasteiger partial charge in [-0.2, -0.15) is 0 Å². The third-order valence-electron chi connectivity index (χ3n) is 7.49. The predicted molar refractivity (Wildman–Crippen MR) is 106 cm³/mol. The second-order valence-electron chi connectivity index (χ2n) is 8.92. The molecule has 0 radical (unpaired) electrons. The van der Waals surface area contributed by atoms with Crippen molar-refractivity contribution in [2.24, 2.45) is 5.92 Å². The summed E-state index contributed by atoms with van der Waals surface area (Å²) < 4.78 is 17.7. The van der Waals surface area contributed by atoms with E-state index < -0.39 is 5.60 Å². The van der Waals surface area contributed by atoms with E-state index in [1.54, 1.807) is 7.11 Å². The number of nitrogens with zero attached hydrogens (tertiary/aromatic N) is 1. The van der Waals surface area contributed by atoms with Crippen LogP contribution in [0.3, 0.4) is 0 Å². The van der Waals surface area contributed by atoms with Crippen molar-refractivity contribution >= 4 is 11.9 Å². The Morgan fingerprint density at radius 2 is 1.93 bits per heavy atom. The molecule has 3 fully saturated rings. The number of carbonyl (C=O) groups is 2. The van der Waals surface area contributed by atoms with Gasteiger partial charge < -0.3 is 19.1 Å². The Morgan fingerprint density at radius 3 is 2.66 bits per heavy atom. The number of likely N-dealkylation sites (tertiary alicyclic amines) is 1. The van der Waals surface area contributed by atoms with E-state index in [9.17, 15) is 9.59 Å². The smallest absolute Gasteiger partial charge is 0.307 e. The van der Waals surface area contributed by atoms with Crippen LogP contribution >= 0.6 is 0 Å². The van der Waals surface area contributed by atoms with Crippen LogP contribution in [0.1, 0.15) is 56.1 Å². The van der Waals surface area contributed by atoms with E-state index in [0.29, 0.717) is 19.7 Å². The van der Waals surface area contributed by atoms with Gasteiger partial charge in [-0.15, -0.1) is 0 Å². The van der Waals surface area contributed by atoms with Crippen LogP contribution < -0.4 is 4.74 Å². The summed E-state index contributed by atoms with van der Waals surface area (Å²) in [6.45, 7) is 1.97. The van der Waals surface area contributed by atoms with Crippen LogP contribution in [0, 0.1) is 5.92 Å². The van der Waals surface area contributed by atoms with Crippen molar-refractivity contribution in [2.75, 3.05) is 26.8 Å². The first-order chi connectivity index (χ1) is 14.1. The van der Waals surface area contributed by atoms with E-state index in [1.165, 1.54) is 5.56 Å². The fraction of sp³-hybridized carbons (Fsp3) is 0.652. The standard InChI is InChI=1S/C23H29NO5/c1-27-18-6-4-5-16-7-14-28-23(20(16)18)10-12-24(13-11-23)21(26)17-15-19(25)29-22(17)8-2-3-9-22/h4-6,17H,2-3,7-15H2,1H3. The minimum atomic E-state index is -0.541. The number of hydrogen-bond donors (Lipinski definition) is 0. The topological polar surface area (TPSA) is 65.1 Å². The first-order valence-electron chi connectivity index (χ1n) is 10.9. The Bertz CT molecular complexity index is 806. The molecule has 29 heavy (non-hydrogen) atoms. The summed E-state index contributed by atoms with van der Waals surface area (Å²) >= 11 is 0. The quantitative estimate of drug-likeness (QED) is 0.716. The van der Waals surface area contributed by atoms with Crippen molar-refractivity contribution in [3.8, 4) is 5.75 Å². The lowest BCUT2D eigenvalue weighted by Gasteiger charge is -2.46. The summed E-state index contributed by atoms with van der Waals surface area (Å²) in [6.07, 6.45) is 6.33. The zero-order chi connectivity index (χ0) is 20.1. The third kappa shape index (κ3) is 2.95. The lowest BCUT2D eigenvalue weighted by Crippen LogP contribution is -2.52. The van der Waals surface area contributed by atoms with Gasteiger partial charge in [-0.3, -0.25) is 9.59 Å². The van der Waals surface area contributed by atoms with E-state index in [4.69, 9.17) is 14.2 Å². The summed E-state index contributed by atoms with van der Waals surface area (Å²) in [5.41, 5.74) is 1.52. The van der Waals surface area contributed by atoms with Crippen LogP contribution in [0.15, 0.2) is 18.2 Å². The summed E-state index contributed by atoms with van der Waals surface area (Å²) in [4.78, 5) is 27.3. The average Bonchev–Trinajstić information content (AvgIpc) is 3.34. The number of rotatable bonds is 2. The molecule has 3 heterocycles. The number of amides is 1. The van der Waals surface area contributed by atoms with Crippen LogP contribution in [0.2, 0.25) is 0 Å². The normalized spacial score (nSPS) is 27.1. The van der Waals surface area contributed by atoms with Gasteiger partial charge in [-0.25, -0.2) is 0 Å². The first kappa shape index (κ1) is 18.9.